The summed E-state index contributed by atoms with van der Waals surface area (Å²) < 4.78 is 5.02. The molecule has 118 valence electrons. The molecule has 0 radical (unpaired) electrons. The van der Waals surface area contributed by atoms with Crippen LogP contribution in [0.3, 0.4) is 0 Å². The molecule has 8 heteroatoms. The van der Waals surface area contributed by atoms with Crippen LogP contribution in [0.5, 0.6) is 0 Å². The topological polar surface area (TPSA) is 72.4 Å². The Balaban J connectivity index is 0.00000200. The number of carbonyl (C=O) groups is 1. The van der Waals surface area contributed by atoms with Gasteiger partial charge in [-0.25, -0.2) is 4.98 Å². The van der Waals surface area contributed by atoms with Gasteiger partial charge in [0.25, 0.3) is 0 Å². The van der Waals surface area contributed by atoms with Crippen molar-refractivity contribution in [3.8, 4) is 10.6 Å². The third-order valence-electron chi connectivity index (χ3n) is 3.05. The predicted octanol–water partition coefficient (Wildman–Crippen LogP) is 2.59. The summed E-state index contributed by atoms with van der Waals surface area (Å²) in [6, 6.07) is 1.90. The second-order valence-corrected chi connectivity index (χ2v) is 5.28. The number of furan rings is 1. The van der Waals surface area contributed by atoms with Gasteiger partial charge in [-0.1, -0.05) is 0 Å². The van der Waals surface area contributed by atoms with Gasteiger partial charge in [0, 0.05) is 30.6 Å². The molecule has 1 atom stereocenters. The minimum atomic E-state index is 0. The van der Waals surface area contributed by atoms with E-state index in [1.807, 2.05) is 18.4 Å². The van der Waals surface area contributed by atoms with Crippen LogP contribution in [-0.4, -0.2) is 35.4 Å². The average molecular weight is 352 g/mol. The number of nitrogens with two attached hydrogens (primary N) is 1. The van der Waals surface area contributed by atoms with Gasteiger partial charge in [0.15, 0.2) is 0 Å². The first kappa shape index (κ1) is 19.9. The molecule has 21 heavy (non-hydrogen) atoms. The number of rotatable bonds is 5. The zero-order valence-corrected chi connectivity index (χ0v) is 14.3. The van der Waals surface area contributed by atoms with Gasteiger partial charge < -0.3 is 15.1 Å². The molecule has 1 amide bonds. The van der Waals surface area contributed by atoms with Crippen molar-refractivity contribution in [3.63, 3.8) is 0 Å². The van der Waals surface area contributed by atoms with Crippen LogP contribution in [0.1, 0.15) is 12.6 Å². The van der Waals surface area contributed by atoms with Gasteiger partial charge in [-0.15, -0.1) is 36.2 Å². The molecular formula is C13H19Cl2N3O2S. The van der Waals surface area contributed by atoms with Gasteiger partial charge in [0.05, 0.1) is 18.4 Å². The fourth-order valence-electron chi connectivity index (χ4n) is 1.59. The number of amides is 1. The summed E-state index contributed by atoms with van der Waals surface area (Å²) in [6.45, 7) is 2.38. The monoisotopic (exact) mass is 351 g/mol. The Morgan fingerprint density at radius 1 is 1.52 bits per heavy atom. The fourth-order valence-corrected chi connectivity index (χ4v) is 2.40. The summed E-state index contributed by atoms with van der Waals surface area (Å²) in [4.78, 5) is 18.1. The Labute approximate surface area is 140 Å². The van der Waals surface area contributed by atoms with E-state index in [1.54, 1.807) is 24.5 Å². The molecule has 2 heterocycles. The lowest BCUT2D eigenvalue weighted by atomic mass is 10.2. The lowest BCUT2D eigenvalue weighted by Gasteiger charge is -2.23. The molecule has 0 saturated heterocycles. The summed E-state index contributed by atoms with van der Waals surface area (Å²) in [7, 11) is 1.77. The van der Waals surface area contributed by atoms with Crippen molar-refractivity contribution in [1.29, 1.82) is 0 Å². The lowest BCUT2D eigenvalue weighted by molar-refractivity contribution is -0.130. The third kappa shape index (κ3) is 5.00. The molecule has 2 N–H and O–H groups in total. The van der Waals surface area contributed by atoms with Gasteiger partial charge in [-0.05, 0) is 13.0 Å². The van der Waals surface area contributed by atoms with Crippen molar-refractivity contribution in [3.05, 3.63) is 29.7 Å². The van der Waals surface area contributed by atoms with E-state index < -0.39 is 0 Å². The molecule has 0 spiro atoms. The van der Waals surface area contributed by atoms with Crippen molar-refractivity contribution >= 4 is 42.1 Å². The van der Waals surface area contributed by atoms with Crippen LogP contribution in [0, 0.1) is 0 Å². The van der Waals surface area contributed by atoms with Crippen LogP contribution in [0.25, 0.3) is 10.6 Å². The number of hydrogen-bond donors (Lipinski definition) is 1. The molecule has 0 saturated carbocycles. The van der Waals surface area contributed by atoms with Crippen LogP contribution < -0.4 is 5.73 Å². The first-order valence-corrected chi connectivity index (χ1v) is 6.92. The van der Waals surface area contributed by atoms with Crippen LogP contribution in [0.15, 0.2) is 28.4 Å². The van der Waals surface area contributed by atoms with Gasteiger partial charge in [0.2, 0.25) is 5.91 Å². The van der Waals surface area contributed by atoms with E-state index in [0.717, 1.165) is 16.3 Å². The quantitative estimate of drug-likeness (QED) is 0.898. The van der Waals surface area contributed by atoms with Crippen LogP contribution >= 0.6 is 36.2 Å². The Morgan fingerprint density at radius 2 is 2.24 bits per heavy atom. The Hall–Kier alpha value is -1.08. The summed E-state index contributed by atoms with van der Waals surface area (Å²) in [6.07, 6.45) is 3.56. The molecule has 2 rings (SSSR count). The maximum Gasteiger partial charge on any atom is 0.228 e. The highest BCUT2D eigenvalue weighted by molar-refractivity contribution is 7.13. The van der Waals surface area contributed by atoms with E-state index in [-0.39, 0.29) is 36.8 Å². The predicted molar refractivity (Wildman–Crippen MR) is 89.3 cm³/mol. The second-order valence-electron chi connectivity index (χ2n) is 4.42. The molecule has 0 aliphatic heterocycles. The number of hydrogen-bond acceptors (Lipinski definition) is 5. The number of aromatic nitrogens is 1. The van der Waals surface area contributed by atoms with Crippen molar-refractivity contribution in [2.24, 2.45) is 5.73 Å². The Morgan fingerprint density at radius 3 is 2.81 bits per heavy atom. The van der Waals surface area contributed by atoms with Gasteiger partial charge >= 0.3 is 0 Å². The number of halogens is 2. The summed E-state index contributed by atoms with van der Waals surface area (Å²) in [5.41, 5.74) is 7.27. The first-order valence-electron chi connectivity index (χ1n) is 6.04. The highest BCUT2D eigenvalue weighted by Gasteiger charge is 2.16. The van der Waals surface area contributed by atoms with Crippen LogP contribution in [-0.2, 0) is 11.2 Å². The maximum absolute atomic E-state index is 12.0. The van der Waals surface area contributed by atoms with E-state index in [4.69, 9.17) is 10.2 Å². The van der Waals surface area contributed by atoms with Crippen LogP contribution in [0.4, 0.5) is 0 Å². The van der Waals surface area contributed by atoms with Crippen molar-refractivity contribution in [1.82, 2.24) is 9.88 Å². The van der Waals surface area contributed by atoms with Crippen molar-refractivity contribution < 1.29 is 9.21 Å². The van der Waals surface area contributed by atoms with E-state index in [0.29, 0.717) is 13.0 Å². The molecular weight excluding hydrogens is 333 g/mol. The average Bonchev–Trinajstić information content (AvgIpc) is 3.06. The standard InChI is InChI=1S/C13H17N3O2S.2ClH/c1-9(6-14)16(2)12(17)5-11-8-19-13(15-11)10-3-4-18-7-10;;/h3-4,7-9H,5-6,14H2,1-2H3;2*1H. The van der Waals surface area contributed by atoms with E-state index >= 15 is 0 Å². The Kier molecular flexibility index (Phi) is 8.58. The van der Waals surface area contributed by atoms with E-state index in [1.165, 1.54) is 11.3 Å². The highest BCUT2D eigenvalue weighted by atomic mass is 35.5. The lowest BCUT2D eigenvalue weighted by Crippen LogP contribution is -2.40. The van der Waals surface area contributed by atoms with E-state index in [9.17, 15) is 4.79 Å². The summed E-state index contributed by atoms with van der Waals surface area (Å²) in [5.74, 6) is 0.0296. The molecule has 2 aromatic rings. The SMILES string of the molecule is CC(CN)N(C)C(=O)Cc1csc(-c2ccoc2)n1.Cl.Cl. The molecule has 0 fully saturated rings. The summed E-state index contributed by atoms with van der Waals surface area (Å²) >= 11 is 1.51. The minimum absolute atomic E-state index is 0. The molecule has 0 aromatic carbocycles. The Bertz CT molecular complexity index is 545. The molecule has 0 aliphatic rings. The van der Waals surface area contributed by atoms with Crippen molar-refractivity contribution in [2.75, 3.05) is 13.6 Å². The largest absolute Gasteiger partial charge is 0.472 e. The van der Waals surface area contributed by atoms with Crippen molar-refractivity contribution in [2.45, 2.75) is 19.4 Å². The minimum Gasteiger partial charge on any atom is -0.472 e. The number of carbonyl (C=O) groups excluding carboxylic acids is 1. The third-order valence-corrected chi connectivity index (χ3v) is 3.99. The van der Waals surface area contributed by atoms with Crippen LogP contribution in [0.2, 0.25) is 0 Å². The first-order chi connectivity index (χ1) is 9.11. The highest BCUT2D eigenvalue weighted by Crippen LogP contribution is 2.24. The maximum atomic E-state index is 12.0. The summed E-state index contributed by atoms with van der Waals surface area (Å²) in [5, 5.41) is 2.77. The second kappa shape index (κ2) is 9.04. The number of nitrogens with zero attached hydrogens (tertiary/aromatic N) is 2. The molecule has 1 unspecified atom stereocenters. The van der Waals surface area contributed by atoms with Gasteiger partial charge in [-0.3, -0.25) is 4.79 Å². The van der Waals surface area contributed by atoms with Gasteiger partial charge in [-0.2, -0.15) is 0 Å². The number of thiazole rings is 1. The van der Waals surface area contributed by atoms with Gasteiger partial charge in [0.1, 0.15) is 11.3 Å². The fraction of sp³-hybridized carbons (Fsp3) is 0.385. The molecule has 5 nitrogen and oxygen atoms in total. The molecule has 0 bridgehead atoms. The normalized spacial score (nSPS) is 11.2. The molecule has 2 aromatic heterocycles. The smallest absolute Gasteiger partial charge is 0.228 e. The zero-order chi connectivity index (χ0) is 13.8. The van der Waals surface area contributed by atoms with E-state index in [2.05, 4.69) is 4.98 Å². The molecule has 0 aliphatic carbocycles. The number of likely N-dealkylation sites (N-methyl/N-ethyl adjacent to an activating group) is 1. The zero-order valence-electron chi connectivity index (χ0n) is 11.8.